The molecule has 0 amide bonds. The van der Waals surface area contributed by atoms with Crippen LogP contribution < -0.4 is 4.74 Å². The van der Waals surface area contributed by atoms with Crippen LogP contribution in [0, 0.1) is 11.3 Å². The fourth-order valence-electron chi connectivity index (χ4n) is 9.30. The summed E-state index contributed by atoms with van der Waals surface area (Å²) in [6.07, 6.45) is 0. The normalized spacial score (nSPS) is 12.9. The Bertz CT molecular complexity index is 3450. The number of para-hydroxylation sites is 1. The van der Waals surface area contributed by atoms with Gasteiger partial charge in [-0.2, -0.15) is 5.26 Å². The zero-order valence-electron chi connectivity index (χ0n) is 33.3. The van der Waals surface area contributed by atoms with Crippen molar-refractivity contribution in [2.45, 2.75) is 15.2 Å². The summed E-state index contributed by atoms with van der Waals surface area (Å²) < 4.78 is 36.1. The molecule has 294 valence electrons. The minimum atomic E-state index is -3.68. The lowest BCUT2D eigenvalue weighted by molar-refractivity contribution is 0.435. The molecular weight excluding hydrogens is 781 g/mol. The van der Waals surface area contributed by atoms with Crippen molar-refractivity contribution in [1.29, 1.82) is 5.26 Å². The van der Waals surface area contributed by atoms with Gasteiger partial charge >= 0.3 is 0 Å². The third kappa shape index (κ3) is 5.86. The van der Waals surface area contributed by atoms with E-state index in [2.05, 4.69) is 114 Å². The molecule has 5 nitrogen and oxygen atoms in total. The largest absolute Gasteiger partial charge is 0.457 e. The predicted molar refractivity (Wildman–Crippen MR) is 247 cm³/mol. The maximum absolute atomic E-state index is 13.5. The minimum absolute atomic E-state index is 0.242. The van der Waals surface area contributed by atoms with E-state index in [1.807, 2.05) is 78.9 Å². The van der Waals surface area contributed by atoms with E-state index in [9.17, 15) is 13.7 Å². The molecular formula is C56H36N2O3S. The molecule has 62 heavy (non-hydrogen) atoms. The molecule has 6 heteroatoms. The predicted octanol–water partition coefficient (Wildman–Crippen LogP) is 13.3. The standard InChI is InChI=1S/C56H36N2O3S/c57-37-38-21-29-52-48(33-38)49-34-40(24-30-53(49)58(52)45-17-9-3-10-18-45)42-26-32-55-51(36-42)56(43-13-5-1-6-14-43,44-15-7-2-8-16-44)50-35-41(25-31-54(50)61-55)39-22-27-47(28-23-39)62(59,60)46-19-11-4-12-20-46/h1-36H. The number of ether oxygens (including phenoxy) is 1. The Kier molecular flexibility index (Phi) is 8.74. The van der Waals surface area contributed by atoms with E-state index in [1.54, 1.807) is 36.4 Å². The first kappa shape index (κ1) is 37.1. The van der Waals surface area contributed by atoms with Gasteiger partial charge in [0, 0.05) is 27.6 Å². The Balaban J connectivity index is 1.10. The van der Waals surface area contributed by atoms with Crippen molar-refractivity contribution in [3.63, 3.8) is 0 Å². The van der Waals surface area contributed by atoms with Gasteiger partial charge in [0.05, 0.1) is 37.9 Å². The van der Waals surface area contributed by atoms with Crippen LogP contribution in [0.2, 0.25) is 0 Å². The zero-order valence-corrected chi connectivity index (χ0v) is 34.1. The van der Waals surface area contributed by atoms with E-state index in [4.69, 9.17) is 4.74 Å². The number of nitriles is 1. The Morgan fingerprint density at radius 1 is 0.452 bits per heavy atom. The number of aromatic nitrogens is 1. The molecule has 1 aliphatic rings. The van der Waals surface area contributed by atoms with Gasteiger partial charge in [0.1, 0.15) is 11.5 Å². The summed E-state index contributed by atoms with van der Waals surface area (Å²) in [6, 6.07) is 74.7. The number of hydrogen-bond acceptors (Lipinski definition) is 4. The smallest absolute Gasteiger partial charge is 0.206 e. The van der Waals surface area contributed by atoms with Crippen molar-refractivity contribution in [2.75, 3.05) is 0 Å². The fraction of sp³-hybridized carbons (Fsp3) is 0.0179. The average molecular weight is 817 g/mol. The Morgan fingerprint density at radius 3 is 1.48 bits per heavy atom. The number of fused-ring (bicyclic) bond motifs is 5. The average Bonchev–Trinajstić information content (AvgIpc) is 3.67. The first-order valence-corrected chi connectivity index (χ1v) is 21.9. The molecule has 0 N–H and O–H groups in total. The van der Waals surface area contributed by atoms with Crippen LogP contribution in [-0.4, -0.2) is 13.0 Å². The molecule has 0 unspecified atom stereocenters. The summed E-state index contributed by atoms with van der Waals surface area (Å²) in [5, 5.41) is 12.0. The van der Waals surface area contributed by atoms with E-state index in [-0.39, 0.29) is 9.79 Å². The monoisotopic (exact) mass is 816 g/mol. The van der Waals surface area contributed by atoms with Crippen molar-refractivity contribution < 1.29 is 13.2 Å². The number of hydrogen-bond donors (Lipinski definition) is 0. The van der Waals surface area contributed by atoms with Crippen LogP contribution in [0.25, 0.3) is 49.7 Å². The van der Waals surface area contributed by atoms with Crippen molar-refractivity contribution in [3.05, 3.63) is 246 Å². The summed E-state index contributed by atoms with van der Waals surface area (Å²) in [7, 11) is -3.68. The molecule has 1 aromatic heterocycles. The van der Waals surface area contributed by atoms with Crippen LogP contribution in [0.3, 0.4) is 0 Å². The molecule has 0 bridgehead atoms. The van der Waals surface area contributed by atoms with Gasteiger partial charge in [-0.05, 0) is 124 Å². The lowest BCUT2D eigenvalue weighted by Crippen LogP contribution is -2.34. The van der Waals surface area contributed by atoms with E-state index in [0.29, 0.717) is 5.56 Å². The highest BCUT2D eigenvalue weighted by atomic mass is 32.2. The Morgan fingerprint density at radius 2 is 0.903 bits per heavy atom. The summed E-state index contributed by atoms with van der Waals surface area (Å²) in [6.45, 7) is 0. The van der Waals surface area contributed by atoms with Gasteiger partial charge in [-0.3, -0.25) is 0 Å². The molecule has 0 aliphatic carbocycles. The fourth-order valence-corrected chi connectivity index (χ4v) is 10.6. The van der Waals surface area contributed by atoms with E-state index in [0.717, 1.165) is 83.5 Å². The van der Waals surface area contributed by atoms with E-state index < -0.39 is 15.3 Å². The maximum atomic E-state index is 13.5. The van der Waals surface area contributed by atoms with Crippen LogP contribution in [0.4, 0.5) is 0 Å². The summed E-state index contributed by atoms with van der Waals surface area (Å²) in [5.74, 6) is 1.51. The first-order valence-electron chi connectivity index (χ1n) is 20.5. The number of rotatable bonds is 7. The maximum Gasteiger partial charge on any atom is 0.206 e. The van der Waals surface area contributed by atoms with Gasteiger partial charge in [0.2, 0.25) is 9.84 Å². The van der Waals surface area contributed by atoms with Crippen molar-refractivity contribution in [2.24, 2.45) is 0 Å². The number of sulfone groups is 1. The van der Waals surface area contributed by atoms with Gasteiger partial charge in [0.15, 0.2) is 0 Å². The first-order chi connectivity index (χ1) is 30.4. The topological polar surface area (TPSA) is 72.1 Å². The van der Waals surface area contributed by atoms with Gasteiger partial charge in [-0.15, -0.1) is 0 Å². The van der Waals surface area contributed by atoms with Crippen molar-refractivity contribution in [3.8, 4) is 45.5 Å². The number of benzene rings is 9. The highest BCUT2D eigenvalue weighted by molar-refractivity contribution is 7.91. The molecule has 0 atom stereocenters. The second-order valence-electron chi connectivity index (χ2n) is 15.6. The quantitative estimate of drug-likeness (QED) is 0.161. The van der Waals surface area contributed by atoms with Gasteiger partial charge in [-0.25, -0.2) is 8.42 Å². The van der Waals surface area contributed by atoms with Gasteiger partial charge in [0.25, 0.3) is 0 Å². The second-order valence-corrected chi connectivity index (χ2v) is 17.5. The molecule has 2 heterocycles. The van der Waals surface area contributed by atoms with Crippen molar-refractivity contribution in [1.82, 2.24) is 4.57 Å². The molecule has 1 aliphatic heterocycles. The third-order valence-electron chi connectivity index (χ3n) is 12.2. The highest BCUT2D eigenvalue weighted by Gasteiger charge is 2.45. The van der Waals surface area contributed by atoms with Crippen LogP contribution in [0.5, 0.6) is 11.5 Å². The van der Waals surface area contributed by atoms with Crippen LogP contribution in [0.15, 0.2) is 228 Å². The molecule has 0 radical (unpaired) electrons. The van der Waals surface area contributed by atoms with Crippen molar-refractivity contribution >= 4 is 31.6 Å². The van der Waals surface area contributed by atoms with Crippen LogP contribution in [0.1, 0.15) is 27.8 Å². The molecule has 0 saturated carbocycles. The summed E-state index contributed by atoms with van der Waals surface area (Å²) >= 11 is 0. The summed E-state index contributed by atoms with van der Waals surface area (Å²) in [5.41, 5.74) is 11.0. The molecule has 9 aromatic carbocycles. The van der Waals surface area contributed by atoms with Crippen LogP contribution in [-0.2, 0) is 15.3 Å². The molecule has 10 aromatic rings. The van der Waals surface area contributed by atoms with E-state index in [1.165, 1.54) is 0 Å². The zero-order chi connectivity index (χ0) is 41.8. The van der Waals surface area contributed by atoms with Gasteiger partial charge in [-0.1, -0.05) is 127 Å². The SMILES string of the molecule is N#Cc1ccc2c(c1)c1cc(-c3ccc4c(c3)C(c3ccccc3)(c3ccccc3)c3cc(-c5ccc(S(=O)(=O)c6ccccc6)cc5)ccc3O4)ccc1n2-c1ccccc1. The van der Waals surface area contributed by atoms with Crippen LogP contribution >= 0.6 is 0 Å². The summed E-state index contributed by atoms with van der Waals surface area (Å²) in [4.78, 5) is 0.505. The molecule has 0 saturated heterocycles. The Hall–Kier alpha value is -7.98. The minimum Gasteiger partial charge on any atom is -0.457 e. The molecule has 0 fully saturated rings. The molecule has 0 spiro atoms. The lowest BCUT2D eigenvalue weighted by Gasteiger charge is -2.42. The second kappa shape index (κ2) is 14.6. The molecule has 11 rings (SSSR count). The highest BCUT2D eigenvalue weighted by Crippen LogP contribution is 2.56. The lowest BCUT2D eigenvalue weighted by atomic mass is 9.63. The van der Waals surface area contributed by atoms with E-state index >= 15 is 0 Å². The Labute approximate surface area is 359 Å². The van der Waals surface area contributed by atoms with Gasteiger partial charge < -0.3 is 9.30 Å². The number of nitrogens with zero attached hydrogens (tertiary/aromatic N) is 2. The third-order valence-corrected chi connectivity index (χ3v) is 14.0.